The Hall–Kier alpha value is -1.88. The van der Waals surface area contributed by atoms with Crippen LogP contribution in [0.25, 0.3) is 0 Å². The fraction of sp³-hybridized carbons (Fsp3) is 0.579. The van der Waals surface area contributed by atoms with Gasteiger partial charge in [-0.1, -0.05) is 30.3 Å². The minimum Gasteiger partial charge on any atom is -0.359 e. The van der Waals surface area contributed by atoms with Crippen molar-refractivity contribution >= 4 is 11.8 Å². The van der Waals surface area contributed by atoms with Crippen LogP contribution in [0, 0.1) is 5.92 Å². The first-order chi connectivity index (χ1) is 11.7. The van der Waals surface area contributed by atoms with E-state index in [1.165, 1.54) is 12.0 Å². The van der Waals surface area contributed by atoms with Crippen LogP contribution in [0.1, 0.15) is 43.7 Å². The lowest BCUT2D eigenvalue weighted by Crippen LogP contribution is -2.38. The molecule has 1 aromatic rings. The molecular formula is C19H27N3O2. The molecule has 2 amide bonds. The van der Waals surface area contributed by atoms with E-state index < -0.39 is 0 Å². The van der Waals surface area contributed by atoms with Gasteiger partial charge in [-0.15, -0.1) is 0 Å². The Morgan fingerprint density at radius 3 is 2.79 bits per heavy atom. The first kappa shape index (κ1) is 17.0. The number of hydrogen-bond acceptors (Lipinski definition) is 3. The summed E-state index contributed by atoms with van der Waals surface area (Å²) in [6, 6.07) is 11.3. The van der Waals surface area contributed by atoms with E-state index in [1.54, 1.807) is 7.05 Å². The number of carbonyl (C=O) groups is 2. The van der Waals surface area contributed by atoms with Crippen molar-refractivity contribution in [3.05, 3.63) is 35.9 Å². The van der Waals surface area contributed by atoms with Crippen molar-refractivity contribution in [3.8, 4) is 0 Å². The van der Waals surface area contributed by atoms with Gasteiger partial charge in [-0.05, 0) is 37.8 Å². The molecule has 0 bridgehead atoms. The molecule has 0 aliphatic carbocycles. The van der Waals surface area contributed by atoms with Crippen LogP contribution in [0.15, 0.2) is 30.3 Å². The smallest absolute Gasteiger partial charge is 0.224 e. The fourth-order valence-corrected chi connectivity index (χ4v) is 4.17. The second-order valence-corrected chi connectivity index (χ2v) is 6.78. The summed E-state index contributed by atoms with van der Waals surface area (Å²) in [4.78, 5) is 26.4. The van der Waals surface area contributed by atoms with E-state index in [9.17, 15) is 9.59 Å². The number of nitrogens with one attached hydrogen (secondary N) is 2. The average molecular weight is 329 g/mol. The van der Waals surface area contributed by atoms with Crippen LogP contribution in [0.4, 0.5) is 0 Å². The maximum absolute atomic E-state index is 12.6. The van der Waals surface area contributed by atoms with Gasteiger partial charge in [0.05, 0.1) is 5.92 Å². The topological polar surface area (TPSA) is 61.4 Å². The summed E-state index contributed by atoms with van der Waals surface area (Å²) < 4.78 is 0. The van der Waals surface area contributed by atoms with Crippen LogP contribution in [-0.2, 0) is 9.59 Å². The largest absolute Gasteiger partial charge is 0.359 e. The van der Waals surface area contributed by atoms with Crippen LogP contribution < -0.4 is 10.6 Å². The molecular weight excluding hydrogens is 302 g/mol. The zero-order valence-corrected chi connectivity index (χ0v) is 14.3. The Morgan fingerprint density at radius 2 is 2.04 bits per heavy atom. The summed E-state index contributed by atoms with van der Waals surface area (Å²) >= 11 is 0. The molecule has 2 aliphatic heterocycles. The zero-order valence-electron chi connectivity index (χ0n) is 14.3. The number of hydrogen-bond donors (Lipinski definition) is 2. The highest BCUT2D eigenvalue weighted by atomic mass is 16.2. The van der Waals surface area contributed by atoms with Gasteiger partial charge >= 0.3 is 0 Å². The van der Waals surface area contributed by atoms with Gasteiger partial charge in [0.1, 0.15) is 0 Å². The van der Waals surface area contributed by atoms with Gasteiger partial charge in [-0.25, -0.2) is 0 Å². The number of rotatable bonds is 6. The standard InChI is InChI=1S/C19H27N3O2/c1-20-18(23)10-5-11-21-19(24)15-13-17(14-7-3-2-4-8-14)22-12-6-9-16(15)22/h2-4,7-8,15-17H,5-6,9-13H2,1H3,(H,20,23)(H,21,24)/t15?,16-,17?/m0/s1. The molecule has 2 unspecified atom stereocenters. The van der Waals surface area contributed by atoms with E-state index in [0.717, 1.165) is 19.4 Å². The van der Waals surface area contributed by atoms with Gasteiger partial charge in [0.15, 0.2) is 0 Å². The minimum absolute atomic E-state index is 0.0243. The molecule has 24 heavy (non-hydrogen) atoms. The van der Waals surface area contributed by atoms with E-state index >= 15 is 0 Å². The first-order valence-corrected chi connectivity index (χ1v) is 8.99. The highest BCUT2D eigenvalue weighted by Gasteiger charge is 2.46. The van der Waals surface area contributed by atoms with Gasteiger partial charge in [0, 0.05) is 32.1 Å². The van der Waals surface area contributed by atoms with Crippen molar-refractivity contribution in [2.45, 2.75) is 44.2 Å². The summed E-state index contributed by atoms with van der Waals surface area (Å²) in [7, 11) is 1.64. The van der Waals surface area contributed by atoms with Crippen molar-refractivity contribution in [1.82, 2.24) is 15.5 Å². The number of nitrogens with zero attached hydrogens (tertiary/aromatic N) is 1. The van der Waals surface area contributed by atoms with Gasteiger partial charge in [0.25, 0.3) is 0 Å². The van der Waals surface area contributed by atoms with Crippen molar-refractivity contribution in [3.63, 3.8) is 0 Å². The maximum atomic E-state index is 12.6. The molecule has 130 valence electrons. The Morgan fingerprint density at radius 1 is 1.25 bits per heavy atom. The summed E-state index contributed by atoms with van der Waals surface area (Å²) in [6.07, 6.45) is 4.34. The normalized spacial score (nSPS) is 26.1. The Labute approximate surface area is 143 Å². The molecule has 2 heterocycles. The SMILES string of the molecule is CNC(=O)CCCNC(=O)C1CC(c2ccccc2)N2CCC[C@@H]12. The molecule has 5 nitrogen and oxygen atoms in total. The lowest BCUT2D eigenvalue weighted by Gasteiger charge is -2.24. The monoisotopic (exact) mass is 329 g/mol. The van der Waals surface area contributed by atoms with Crippen molar-refractivity contribution < 1.29 is 9.59 Å². The van der Waals surface area contributed by atoms with Crippen LogP contribution in [-0.4, -0.2) is 42.9 Å². The Kier molecular flexibility index (Phi) is 5.51. The Bertz CT molecular complexity index is 575. The summed E-state index contributed by atoms with van der Waals surface area (Å²) in [5.41, 5.74) is 1.32. The van der Waals surface area contributed by atoms with Crippen LogP contribution in [0.5, 0.6) is 0 Å². The van der Waals surface area contributed by atoms with E-state index in [-0.39, 0.29) is 17.7 Å². The summed E-state index contributed by atoms with van der Waals surface area (Å²) in [5.74, 6) is 0.246. The maximum Gasteiger partial charge on any atom is 0.224 e. The van der Waals surface area contributed by atoms with Crippen molar-refractivity contribution in [2.75, 3.05) is 20.1 Å². The van der Waals surface area contributed by atoms with Crippen molar-refractivity contribution in [2.24, 2.45) is 5.92 Å². The molecule has 2 fully saturated rings. The average Bonchev–Trinajstić information content (AvgIpc) is 3.21. The molecule has 2 N–H and O–H groups in total. The van der Waals surface area contributed by atoms with Gasteiger partial charge < -0.3 is 10.6 Å². The highest BCUT2D eigenvalue weighted by Crippen LogP contribution is 2.44. The lowest BCUT2D eigenvalue weighted by molar-refractivity contribution is -0.126. The first-order valence-electron chi connectivity index (χ1n) is 8.99. The van der Waals surface area contributed by atoms with Crippen molar-refractivity contribution in [1.29, 1.82) is 0 Å². The highest BCUT2D eigenvalue weighted by molar-refractivity contribution is 5.80. The molecule has 0 aromatic heterocycles. The second kappa shape index (κ2) is 7.79. The molecule has 0 saturated carbocycles. The summed E-state index contributed by atoms with van der Waals surface area (Å²) in [6.45, 7) is 1.66. The molecule has 1 aromatic carbocycles. The third kappa shape index (κ3) is 3.61. The van der Waals surface area contributed by atoms with E-state index in [0.29, 0.717) is 31.5 Å². The Balaban J connectivity index is 1.57. The molecule has 2 aliphatic rings. The van der Waals surface area contributed by atoms with Crippen LogP contribution in [0.3, 0.4) is 0 Å². The molecule has 5 heteroatoms. The van der Waals surface area contributed by atoms with E-state index in [4.69, 9.17) is 0 Å². The number of amides is 2. The van der Waals surface area contributed by atoms with Crippen LogP contribution in [0.2, 0.25) is 0 Å². The minimum atomic E-state index is 0.0243. The summed E-state index contributed by atoms with van der Waals surface area (Å²) in [5, 5.41) is 5.65. The van der Waals surface area contributed by atoms with Gasteiger partial charge in [-0.3, -0.25) is 14.5 Å². The second-order valence-electron chi connectivity index (χ2n) is 6.78. The quantitative estimate of drug-likeness (QED) is 0.783. The van der Waals surface area contributed by atoms with Gasteiger partial charge in [-0.2, -0.15) is 0 Å². The van der Waals surface area contributed by atoms with Crippen LogP contribution >= 0.6 is 0 Å². The van der Waals surface area contributed by atoms with Gasteiger partial charge in [0.2, 0.25) is 11.8 Å². The third-order valence-corrected chi connectivity index (χ3v) is 5.36. The number of fused-ring (bicyclic) bond motifs is 1. The molecule has 3 atom stereocenters. The lowest BCUT2D eigenvalue weighted by atomic mass is 9.93. The molecule has 0 radical (unpaired) electrons. The predicted molar refractivity (Wildman–Crippen MR) is 93.3 cm³/mol. The molecule has 2 saturated heterocycles. The molecule has 0 spiro atoms. The predicted octanol–water partition coefficient (Wildman–Crippen LogP) is 1.85. The third-order valence-electron chi connectivity index (χ3n) is 5.36. The fourth-order valence-electron chi connectivity index (χ4n) is 4.17. The zero-order chi connectivity index (χ0) is 16.9. The molecule has 3 rings (SSSR count). The number of benzene rings is 1. The van der Waals surface area contributed by atoms with E-state index in [1.807, 2.05) is 6.07 Å². The van der Waals surface area contributed by atoms with E-state index in [2.05, 4.69) is 39.8 Å². The number of carbonyl (C=O) groups excluding carboxylic acids is 2.